The molecule has 0 fully saturated rings. The normalized spacial score (nSPS) is 19.9. The number of fused-ring (bicyclic) bond motifs is 1. The Balaban J connectivity index is 2.51. The van der Waals surface area contributed by atoms with E-state index in [-0.39, 0.29) is 18.0 Å². The molecule has 2 rings (SSSR count). The summed E-state index contributed by atoms with van der Waals surface area (Å²) in [5, 5.41) is 3.60. The van der Waals surface area contributed by atoms with Crippen molar-refractivity contribution in [2.45, 2.75) is 4.90 Å². The fourth-order valence-electron chi connectivity index (χ4n) is 1.87. The van der Waals surface area contributed by atoms with Crippen molar-refractivity contribution in [2.24, 2.45) is 10.9 Å². The third-order valence-electron chi connectivity index (χ3n) is 2.83. The van der Waals surface area contributed by atoms with Gasteiger partial charge < -0.3 is 10.6 Å². The number of sulfonamides is 1. The van der Waals surface area contributed by atoms with Crippen LogP contribution >= 0.6 is 0 Å². The molecule has 2 N–H and O–H groups in total. The van der Waals surface area contributed by atoms with E-state index in [1.54, 1.807) is 18.2 Å². The highest BCUT2D eigenvalue weighted by atomic mass is 32.2. The Bertz CT molecular complexity index is 639. The summed E-state index contributed by atoms with van der Waals surface area (Å²) in [5.41, 5.74) is 0.875. The van der Waals surface area contributed by atoms with Crippen LogP contribution in [0.3, 0.4) is 0 Å². The van der Waals surface area contributed by atoms with Crippen LogP contribution in [0.2, 0.25) is 0 Å². The standard InChI is InChI=1S/C11H13N3O4S/c1-18-11(15)7-14-6-9(13-12)8-4-2-3-5-10(8)19(14,16)17/h2-5H,6-7,12H2,1H3/b13-9-. The molecule has 102 valence electrons. The summed E-state index contributed by atoms with van der Waals surface area (Å²) in [6.45, 7) is -0.420. The van der Waals surface area contributed by atoms with Gasteiger partial charge in [-0.05, 0) is 6.07 Å². The molecule has 1 aromatic rings. The molecule has 19 heavy (non-hydrogen) atoms. The molecular weight excluding hydrogens is 270 g/mol. The van der Waals surface area contributed by atoms with Crippen molar-refractivity contribution < 1.29 is 17.9 Å². The van der Waals surface area contributed by atoms with Gasteiger partial charge in [0.1, 0.15) is 6.54 Å². The highest BCUT2D eigenvalue weighted by Gasteiger charge is 2.35. The lowest BCUT2D eigenvalue weighted by atomic mass is 10.1. The van der Waals surface area contributed by atoms with Gasteiger partial charge in [0.2, 0.25) is 10.0 Å². The number of rotatable bonds is 2. The zero-order valence-electron chi connectivity index (χ0n) is 10.2. The monoisotopic (exact) mass is 283 g/mol. The van der Waals surface area contributed by atoms with Crippen LogP contribution in [0.5, 0.6) is 0 Å². The van der Waals surface area contributed by atoms with Crippen LogP contribution in [-0.4, -0.2) is 44.6 Å². The van der Waals surface area contributed by atoms with Gasteiger partial charge in [0.25, 0.3) is 0 Å². The first-order chi connectivity index (χ1) is 9.00. The number of hydrazone groups is 1. The van der Waals surface area contributed by atoms with Crippen molar-refractivity contribution in [1.82, 2.24) is 4.31 Å². The predicted molar refractivity (Wildman–Crippen MR) is 67.9 cm³/mol. The first-order valence-corrected chi connectivity index (χ1v) is 6.88. The second-order valence-corrected chi connectivity index (χ2v) is 5.83. The summed E-state index contributed by atoms with van der Waals surface area (Å²) in [5.74, 6) is 4.64. The van der Waals surface area contributed by atoms with Crippen molar-refractivity contribution in [1.29, 1.82) is 0 Å². The largest absolute Gasteiger partial charge is 0.468 e. The molecule has 0 aliphatic carbocycles. The second-order valence-electron chi connectivity index (χ2n) is 3.92. The molecule has 8 heteroatoms. The van der Waals surface area contributed by atoms with E-state index in [0.29, 0.717) is 11.3 Å². The minimum absolute atomic E-state index is 0.0506. The van der Waals surface area contributed by atoms with Crippen molar-refractivity contribution in [3.8, 4) is 0 Å². The van der Waals surface area contributed by atoms with Crippen molar-refractivity contribution in [3.63, 3.8) is 0 Å². The molecule has 0 atom stereocenters. The van der Waals surface area contributed by atoms with Crippen molar-refractivity contribution in [2.75, 3.05) is 20.2 Å². The van der Waals surface area contributed by atoms with Crippen LogP contribution < -0.4 is 5.84 Å². The molecule has 0 saturated heterocycles. The number of hydrogen-bond acceptors (Lipinski definition) is 6. The van der Waals surface area contributed by atoms with Crippen molar-refractivity contribution in [3.05, 3.63) is 29.8 Å². The van der Waals surface area contributed by atoms with Gasteiger partial charge in [-0.1, -0.05) is 18.2 Å². The maximum absolute atomic E-state index is 12.3. The zero-order chi connectivity index (χ0) is 14.0. The van der Waals surface area contributed by atoms with Gasteiger partial charge in [-0.25, -0.2) is 8.42 Å². The first kappa shape index (κ1) is 13.5. The Kier molecular flexibility index (Phi) is 3.54. The van der Waals surface area contributed by atoms with Crippen LogP contribution in [0.15, 0.2) is 34.3 Å². The van der Waals surface area contributed by atoms with E-state index < -0.39 is 16.0 Å². The van der Waals surface area contributed by atoms with E-state index in [1.807, 2.05) is 0 Å². The molecule has 0 saturated carbocycles. The average molecular weight is 283 g/mol. The van der Waals surface area contributed by atoms with E-state index >= 15 is 0 Å². The first-order valence-electron chi connectivity index (χ1n) is 5.44. The Hall–Kier alpha value is -1.93. The lowest BCUT2D eigenvalue weighted by Crippen LogP contribution is -2.44. The van der Waals surface area contributed by atoms with E-state index in [0.717, 1.165) is 4.31 Å². The molecule has 0 aromatic heterocycles. The van der Waals surface area contributed by atoms with E-state index in [4.69, 9.17) is 5.84 Å². The number of carbonyl (C=O) groups is 1. The highest BCUT2D eigenvalue weighted by molar-refractivity contribution is 7.89. The van der Waals surface area contributed by atoms with Gasteiger partial charge in [-0.2, -0.15) is 9.41 Å². The SMILES string of the molecule is COC(=O)CN1C/C(=N/N)c2ccccc2S1(=O)=O. The molecule has 1 heterocycles. The van der Waals surface area contributed by atoms with Crippen LogP contribution in [0, 0.1) is 0 Å². The van der Waals surface area contributed by atoms with Gasteiger partial charge in [0, 0.05) is 5.56 Å². The fraction of sp³-hybridized carbons (Fsp3) is 0.273. The molecule has 1 aliphatic rings. The smallest absolute Gasteiger partial charge is 0.321 e. The molecule has 0 spiro atoms. The molecule has 1 aliphatic heterocycles. The lowest BCUT2D eigenvalue weighted by Gasteiger charge is -2.27. The maximum atomic E-state index is 12.3. The van der Waals surface area contributed by atoms with Gasteiger partial charge in [0.05, 0.1) is 24.3 Å². The summed E-state index contributed by atoms with van der Waals surface area (Å²) in [6.07, 6.45) is 0. The number of nitrogens with zero attached hydrogens (tertiary/aromatic N) is 2. The number of esters is 1. The molecule has 0 radical (unpaired) electrons. The van der Waals surface area contributed by atoms with E-state index in [1.165, 1.54) is 13.2 Å². The van der Waals surface area contributed by atoms with Gasteiger partial charge in [-0.3, -0.25) is 4.79 Å². The number of carbonyl (C=O) groups excluding carboxylic acids is 1. The summed E-state index contributed by atoms with van der Waals surface area (Å²) < 4.78 is 30.2. The van der Waals surface area contributed by atoms with E-state index in [9.17, 15) is 13.2 Å². The van der Waals surface area contributed by atoms with Crippen LogP contribution in [-0.2, 0) is 19.6 Å². The van der Waals surface area contributed by atoms with Crippen LogP contribution in [0.4, 0.5) is 0 Å². The Morgan fingerprint density at radius 1 is 1.47 bits per heavy atom. The number of ether oxygens (including phenoxy) is 1. The van der Waals surface area contributed by atoms with Crippen LogP contribution in [0.1, 0.15) is 5.56 Å². The lowest BCUT2D eigenvalue weighted by molar-refractivity contribution is -0.140. The van der Waals surface area contributed by atoms with Gasteiger partial charge >= 0.3 is 5.97 Å². The quantitative estimate of drug-likeness (QED) is 0.449. The summed E-state index contributed by atoms with van der Waals surface area (Å²) in [7, 11) is -2.54. The molecule has 0 amide bonds. The van der Waals surface area contributed by atoms with Gasteiger partial charge in [0.15, 0.2) is 0 Å². The van der Waals surface area contributed by atoms with Gasteiger partial charge in [-0.15, -0.1) is 0 Å². The minimum Gasteiger partial charge on any atom is -0.468 e. The number of methoxy groups -OCH3 is 1. The summed E-state index contributed by atoms with van der Waals surface area (Å²) in [6, 6.07) is 6.40. The number of benzene rings is 1. The van der Waals surface area contributed by atoms with E-state index in [2.05, 4.69) is 9.84 Å². The third kappa shape index (κ3) is 2.32. The zero-order valence-corrected chi connectivity index (χ0v) is 11.1. The molecular formula is C11H13N3O4S. The van der Waals surface area contributed by atoms with Crippen molar-refractivity contribution >= 4 is 21.7 Å². The molecule has 7 nitrogen and oxygen atoms in total. The molecule has 0 unspecified atom stereocenters. The summed E-state index contributed by atoms with van der Waals surface area (Å²) >= 11 is 0. The second kappa shape index (κ2) is 4.98. The number of nitrogens with two attached hydrogens (primary N) is 1. The number of hydrogen-bond donors (Lipinski definition) is 1. The highest BCUT2D eigenvalue weighted by Crippen LogP contribution is 2.26. The Morgan fingerprint density at radius 3 is 2.79 bits per heavy atom. The topological polar surface area (TPSA) is 102 Å². The maximum Gasteiger partial charge on any atom is 0.321 e. The minimum atomic E-state index is -3.73. The molecule has 0 bridgehead atoms. The Morgan fingerprint density at radius 2 is 2.16 bits per heavy atom. The van der Waals surface area contributed by atoms with Crippen LogP contribution in [0.25, 0.3) is 0 Å². The average Bonchev–Trinajstić information content (AvgIpc) is 2.42. The predicted octanol–water partition coefficient (Wildman–Crippen LogP) is -0.473. The molecule has 1 aromatic carbocycles. The Labute approximate surface area is 110 Å². The summed E-state index contributed by atoms with van der Waals surface area (Å²) in [4.78, 5) is 11.4. The fourth-order valence-corrected chi connectivity index (χ4v) is 3.43. The third-order valence-corrected chi connectivity index (χ3v) is 4.68.